The summed E-state index contributed by atoms with van der Waals surface area (Å²) in [5.41, 5.74) is 3.49. The predicted molar refractivity (Wildman–Crippen MR) is 84.9 cm³/mol. The maximum Gasteiger partial charge on any atom is 0.0942 e. The van der Waals surface area contributed by atoms with E-state index in [1.165, 1.54) is 36.8 Å². The van der Waals surface area contributed by atoms with Crippen molar-refractivity contribution in [2.24, 2.45) is 5.92 Å². The number of aliphatic hydroxyl groups is 1. The molecule has 1 fully saturated rings. The van der Waals surface area contributed by atoms with Gasteiger partial charge in [0.25, 0.3) is 0 Å². The van der Waals surface area contributed by atoms with Crippen molar-refractivity contribution in [3.63, 3.8) is 0 Å². The lowest BCUT2D eigenvalue weighted by molar-refractivity contribution is 0.116. The molecule has 1 aliphatic rings. The Balaban J connectivity index is 2.02. The van der Waals surface area contributed by atoms with Crippen LogP contribution in [0.15, 0.2) is 18.2 Å². The van der Waals surface area contributed by atoms with E-state index in [9.17, 15) is 5.11 Å². The first-order valence-corrected chi connectivity index (χ1v) is 8.00. The molecule has 4 unspecified atom stereocenters. The van der Waals surface area contributed by atoms with Gasteiger partial charge in [-0.2, -0.15) is 0 Å². The highest BCUT2D eigenvalue weighted by atomic mass is 16.3. The van der Waals surface area contributed by atoms with Crippen LogP contribution < -0.4 is 5.32 Å². The number of nitrogens with one attached hydrogen (secondary N) is 1. The van der Waals surface area contributed by atoms with E-state index >= 15 is 0 Å². The Morgan fingerprint density at radius 2 is 1.90 bits per heavy atom. The van der Waals surface area contributed by atoms with Crippen molar-refractivity contribution in [3.05, 3.63) is 34.9 Å². The molecule has 0 spiro atoms. The fourth-order valence-electron chi connectivity index (χ4n) is 3.42. The molecule has 2 heteroatoms. The maximum atomic E-state index is 10.6. The van der Waals surface area contributed by atoms with E-state index in [2.05, 4.69) is 51.2 Å². The van der Waals surface area contributed by atoms with E-state index < -0.39 is 6.10 Å². The summed E-state index contributed by atoms with van der Waals surface area (Å²) in [7, 11) is 0. The summed E-state index contributed by atoms with van der Waals surface area (Å²) in [5.74, 6) is 0.720. The first-order valence-electron chi connectivity index (χ1n) is 8.00. The molecule has 1 aromatic rings. The van der Waals surface area contributed by atoms with Gasteiger partial charge in [-0.25, -0.2) is 0 Å². The van der Waals surface area contributed by atoms with Crippen molar-refractivity contribution in [2.75, 3.05) is 0 Å². The van der Waals surface area contributed by atoms with Crippen LogP contribution in [0.3, 0.4) is 0 Å². The Bertz CT molecular complexity index is 443. The monoisotopic (exact) mass is 275 g/mol. The van der Waals surface area contributed by atoms with E-state index in [0.29, 0.717) is 6.04 Å². The number of hydrogen-bond acceptors (Lipinski definition) is 2. The lowest BCUT2D eigenvalue weighted by atomic mass is 9.85. The van der Waals surface area contributed by atoms with Crippen LogP contribution in [0.1, 0.15) is 62.3 Å². The highest BCUT2D eigenvalue weighted by Gasteiger charge is 2.26. The molecule has 4 atom stereocenters. The van der Waals surface area contributed by atoms with E-state index in [1.54, 1.807) is 0 Å². The standard InChI is InChI=1S/C18H29NO/c1-12-9-10-16(14(3)11-12)18(20)15(4)19-17-8-6-5-7-13(17)2/h9-11,13,15,17-20H,5-8H2,1-4H3. The third-order valence-electron chi connectivity index (χ3n) is 4.81. The second-order valence-electron chi connectivity index (χ2n) is 6.63. The topological polar surface area (TPSA) is 32.3 Å². The van der Waals surface area contributed by atoms with Gasteiger partial charge in [0, 0.05) is 12.1 Å². The van der Waals surface area contributed by atoms with E-state index in [1.807, 2.05) is 0 Å². The molecule has 0 bridgehead atoms. The quantitative estimate of drug-likeness (QED) is 0.873. The van der Waals surface area contributed by atoms with E-state index in [-0.39, 0.29) is 6.04 Å². The Kier molecular flexibility index (Phi) is 5.22. The smallest absolute Gasteiger partial charge is 0.0942 e. The first kappa shape index (κ1) is 15.5. The highest BCUT2D eigenvalue weighted by molar-refractivity contribution is 5.32. The Morgan fingerprint density at radius 3 is 2.55 bits per heavy atom. The SMILES string of the molecule is Cc1ccc(C(O)C(C)NC2CCCCC2C)c(C)c1. The second-order valence-corrected chi connectivity index (χ2v) is 6.63. The van der Waals surface area contributed by atoms with Crippen LogP contribution >= 0.6 is 0 Å². The van der Waals surface area contributed by atoms with Crippen molar-refractivity contribution in [1.82, 2.24) is 5.32 Å². The summed E-state index contributed by atoms with van der Waals surface area (Å²) in [4.78, 5) is 0. The zero-order valence-electron chi connectivity index (χ0n) is 13.3. The fraction of sp³-hybridized carbons (Fsp3) is 0.667. The van der Waals surface area contributed by atoms with Crippen LogP contribution in [-0.4, -0.2) is 17.2 Å². The normalized spacial score (nSPS) is 26.2. The number of rotatable bonds is 4. The van der Waals surface area contributed by atoms with Crippen LogP contribution in [0, 0.1) is 19.8 Å². The third-order valence-corrected chi connectivity index (χ3v) is 4.81. The minimum absolute atomic E-state index is 0.0990. The molecule has 20 heavy (non-hydrogen) atoms. The Morgan fingerprint density at radius 1 is 1.20 bits per heavy atom. The van der Waals surface area contributed by atoms with Crippen LogP contribution in [0.25, 0.3) is 0 Å². The van der Waals surface area contributed by atoms with E-state index in [0.717, 1.165) is 11.5 Å². The largest absolute Gasteiger partial charge is 0.387 e. The molecule has 1 aliphatic carbocycles. The van der Waals surface area contributed by atoms with Gasteiger partial charge in [0.1, 0.15) is 0 Å². The van der Waals surface area contributed by atoms with Crippen molar-refractivity contribution in [3.8, 4) is 0 Å². The van der Waals surface area contributed by atoms with Gasteiger partial charge in [-0.05, 0) is 50.7 Å². The fourth-order valence-corrected chi connectivity index (χ4v) is 3.42. The van der Waals surface area contributed by atoms with Gasteiger partial charge in [0.15, 0.2) is 0 Å². The molecule has 1 aromatic carbocycles. The minimum Gasteiger partial charge on any atom is -0.387 e. The number of hydrogen-bond donors (Lipinski definition) is 2. The molecule has 0 heterocycles. The number of benzene rings is 1. The van der Waals surface area contributed by atoms with Crippen molar-refractivity contribution in [2.45, 2.75) is 71.6 Å². The summed E-state index contributed by atoms with van der Waals surface area (Å²) in [6, 6.07) is 6.95. The molecule has 0 amide bonds. The summed E-state index contributed by atoms with van der Waals surface area (Å²) < 4.78 is 0. The van der Waals surface area contributed by atoms with Crippen LogP contribution in [0.2, 0.25) is 0 Å². The zero-order valence-corrected chi connectivity index (χ0v) is 13.3. The van der Waals surface area contributed by atoms with Gasteiger partial charge >= 0.3 is 0 Å². The van der Waals surface area contributed by atoms with Crippen molar-refractivity contribution < 1.29 is 5.11 Å². The van der Waals surface area contributed by atoms with Crippen LogP contribution in [0.4, 0.5) is 0 Å². The lowest BCUT2D eigenvalue weighted by Crippen LogP contribution is -2.44. The minimum atomic E-state index is -0.426. The van der Waals surface area contributed by atoms with Gasteiger partial charge < -0.3 is 10.4 Å². The van der Waals surface area contributed by atoms with E-state index in [4.69, 9.17) is 0 Å². The molecule has 0 aromatic heterocycles. The molecule has 1 saturated carbocycles. The van der Waals surface area contributed by atoms with Crippen molar-refractivity contribution in [1.29, 1.82) is 0 Å². The van der Waals surface area contributed by atoms with Gasteiger partial charge in [-0.1, -0.05) is 43.5 Å². The molecule has 2 N–H and O–H groups in total. The third kappa shape index (κ3) is 3.62. The first-order chi connectivity index (χ1) is 9.49. The number of aliphatic hydroxyl groups excluding tert-OH is 1. The summed E-state index contributed by atoms with van der Waals surface area (Å²) >= 11 is 0. The van der Waals surface area contributed by atoms with Crippen LogP contribution in [0.5, 0.6) is 0 Å². The van der Waals surface area contributed by atoms with Crippen LogP contribution in [-0.2, 0) is 0 Å². The predicted octanol–water partition coefficient (Wildman–Crippen LogP) is 3.89. The van der Waals surface area contributed by atoms with Gasteiger partial charge in [-0.15, -0.1) is 0 Å². The Labute approximate surface area is 123 Å². The molecule has 0 aliphatic heterocycles. The summed E-state index contributed by atoms with van der Waals surface area (Å²) in [5, 5.41) is 14.3. The number of aryl methyl sites for hydroxylation is 2. The average molecular weight is 275 g/mol. The molecule has 2 rings (SSSR count). The molecular weight excluding hydrogens is 246 g/mol. The average Bonchev–Trinajstić information content (AvgIpc) is 2.40. The Hall–Kier alpha value is -0.860. The van der Waals surface area contributed by atoms with Crippen molar-refractivity contribution >= 4 is 0 Å². The molecule has 0 radical (unpaired) electrons. The summed E-state index contributed by atoms with van der Waals surface area (Å²) in [6.07, 6.45) is 4.79. The van der Waals surface area contributed by atoms with Gasteiger partial charge in [0.05, 0.1) is 6.10 Å². The van der Waals surface area contributed by atoms with Gasteiger partial charge in [0.2, 0.25) is 0 Å². The molecule has 112 valence electrons. The molecule has 2 nitrogen and oxygen atoms in total. The van der Waals surface area contributed by atoms with Gasteiger partial charge in [-0.3, -0.25) is 0 Å². The zero-order chi connectivity index (χ0) is 14.7. The maximum absolute atomic E-state index is 10.6. The molecular formula is C18H29NO. The summed E-state index contributed by atoms with van der Waals surface area (Å²) in [6.45, 7) is 8.61. The lowest BCUT2D eigenvalue weighted by Gasteiger charge is -2.34. The second kappa shape index (κ2) is 6.73. The highest BCUT2D eigenvalue weighted by Crippen LogP contribution is 2.27. The molecule has 0 saturated heterocycles.